The van der Waals surface area contributed by atoms with Crippen molar-refractivity contribution in [3.63, 3.8) is 0 Å². The number of carbonyl (C=O) groups excluding carboxylic acids is 2. The van der Waals surface area contributed by atoms with Crippen LogP contribution in [-0.2, 0) is 4.79 Å². The predicted molar refractivity (Wildman–Crippen MR) is 110 cm³/mol. The molecule has 0 saturated carbocycles. The topological polar surface area (TPSA) is 76.0 Å². The van der Waals surface area contributed by atoms with Crippen LogP contribution in [0.4, 0.5) is 14.5 Å². The first-order valence-corrected chi connectivity index (χ1v) is 9.49. The van der Waals surface area contributed by atoms with Crippen LogP contribution in [0.5, 0.6) is 0 Å². The molecule has 1 heterocycles. The first-order chi connectivity index (χ1) is 14.3. The molecule has 2 N–H and O–H groups in total. The third kappa shape index (κ3) is 4.65. The van der Waals surface area contributed by atoms with Crippen LogP contribution in [0.1, 0.15) is 24.2 Å². The molecule has 6 nitrogen and oxygen atoms in total. The molecule has 1 aromatic heterocycles. The fourth-order valence-corrected chi connectivity index (χ4v) is 3.16. The summed E-state index contributed by atoms with van der Waals surface area (Å²) in [5, 5.41) is 5.46. The molecule has 0 saturated heterocycles. The van der Waals surface area contributed by atoms with Gasteiger partial charge < -0.3 is 15.2 Å². The van der Waals surface area contributed by atoms with Crippen molar-refractivity contribution in [3.05, 3.63) is 77.3 Å². The summed E-state index contributed by atoms with van der Waals surface area (Å²) in [5.41, 5.74) is 0.352. The average molecular weight is 433 g/mol. The lowest BCUT2D eigenvalue weighted by atomic mass is 10.0. The van der Waals surface area contributed by atoms with E-state index in [1.54, 1.807) is 55.3 Å². The molecule has 2 amide bonds. The van der Waals surface area contributed by atoms with Gasteiger partial charge in [0.2, 0.25) is 5.91 Å². The summed E-state index contributed by atoms with van der Waals surface area (Å²) in [7, 11) is 0. The Balaban J connectivity index is 1.76. The molecule has 0 spiro atoms. The number of hydrogen-bond acceptors (Lipinski definition) is 3. The van der Waals surface area contributed by atoms with E-state index < -0.39 is 35.1 Å². The lowest BCUT2D eigenvalue weighted by molar-refractivity contribution is -0.118. The average Bonchev–Trinajstić information content (AvgIpc) is 3.20. The zero-order valence-corrected chi connectivity index (χ0v) is 17.0. The summed E-state index contributed by atoms with van der Waals surface area (Å²) in [6, 6.07) is 7.00. The molecular formula is C21H19ClF2N4O2. The predicted octanol–water partition coefficient (Wildman–Crippen LogP) is 4.20. The maximum absolute atomic E-state index is 13.9. The number of benzene rings is 2. The van der Waals surface area contributed by atoms with Crippen LogP contribution >= 0.6 is 11.6 Å². The molecule has 3 rings (SSSR count). The van der Waals surface area contributed by atoms with Gasteiger partial charge in [-0.1, -0.05) is 31.5 Å². The lowest BCUT2D eigenvalue weighted by Gasteiger charge is -2.22. The van der Waals surface area contributed by atoms with Gasteiger partial charge in [0.25, 0.3) is 5.91 Å². The molecule has 3 aromatic rings. The van der Waals surface area contributed by atoms with Crippen molar-refractivity contribution in [3.8, 4) is 5.69 Å². The van der Waals surface area contributed by atoms with Gasteiger partial charge in [-0.15, -0.1) is 0 Å². The van der Waals surface area contributed by atoms with Gasteiger partial charge in [0.15, 0.2) is 0 Å². The lowest BCUT2D eigenvalue weighted by Crippen LogP contribution is -2.47. The quantitative estimate of drug-likeness (QED) is 0.613. The molecular weight excluding hydrogens is 414 g/mol. The van der Waals surface area contributed by atoms with E-state index in [9.17, 15) is 18.4 Å². The second-order valence-corrected chi connectivity index (χ2v) is 7.32. The molecule has 0 bridgehead atoms. The standard InChI is InChI=1S/C21H19ClF2N4O2/c1-12(2)19(27-20(29)18-15(23)4-3-5-16(18)24)21(30)26-13-6-7-17(14(22)10-13)28-9-8-25-11-28/h3-12,19H,1-2H3,(H,26,30)(H,27,29). The van der Waals surface area contributed by atoms with Crippen LogP contribution < -0.4 is 10.6 Å². The largest absolute Gasteiger partial charge is 0.340 e. The summed E-state index contributed by atoms with van der Waals surface area (Å²) in [6.07, 6.45) is 4.93. The van der Waals surface area contributed by atoms with E-state index in [0.717, 1.165) is 18.2 Å². The second-order valence-electron chi connectivity index (χ2n) is 6.92. The first kappa shape index (κ1) is 21.4. The summed E-state index contributed by atoms with van der Waals surface area (Å²) in [6.45, 7) is 3.41. The summed E-state index contributed by atoms with van der Waals surface area (Å²) in [4.78, 5) is 29.1. The number of aromatic nitrogens is 2. The Morgan fingerprint density at radius 3 is 2.40 bits per heavy atom. The van der Waals surface area contributed by atoms with Crippen LogP contribution in [-0.4, -0.2) is 27.4 Å². The van der Waals surface area contributed by atoms with Crippen molar-refractivity contribution < 1.29 is 18.4 Å². The fourth-order valence-electron chi connectivity index (χ4n) is 2.88. The number of amides is 2. The number of anilines is 1. The van der Waals surface area contributed by atoms with Gasteiger partial charge >= 0.3 is 0 Å². The summed E-state index contributed by atoms with van der Waals surface area (Å²) < 4.78 is 29.5. The highest BCUT2D eigenvalue weighted by molar-refractivity contribution is 6.32. The van der Waals surface area contributed by atoms with Gasteiger partial charge in [0.1, 0.15) is 23.2 Å². The van der Waals surface area contributed by atoms with Crippen LogP contribution in [0.3, 0.4) is 0 Å². The number of nitrogens with zero attached hydrogens (tertiary/aromatic N) is 2. The number of rotatable bonds is 6. The molecule has 1 atom stereocenters. The zero-order chi connectivity index (χ0) is 21.8. The van der Waals surface area contributed by atoms with Gasteiger partial charge in [0, 0.05) is 18.1 Å². The highest BCUT2D eigenvalue weighted by Gasteiger charge is 2.27. The van der Waals surface area contributed by atoms with Crippen LogP contribution in [0, 0.1) is 17.6 Å². The van der Waals surface area contributed by atoms with E-state index in [2.05, 4.69) is 15.6 Å². The highest BCUT2D eigenvalue weighted by atomic mass is 35.5. The molecule has 0 aliphatic rings. The minimum Gasteiger partial charge on any atom is -0.340 e. The smallest absolute Gasteiger partial charge is 0.257 e. The van der Waals surface area contributed by atoms with Gasteiger partial charge in [-0.25, -0.2) is 13.8 Å². The number of halogens is 3. The van der Waals surface area contributed by atoms with Crippen LogP contribution in [0.2, 0.25) is 5.02 Å². The maximum atomic E-state index is 13.9. The Morgan fingerprint density at radius 1 is 1.13 bits per heavy atom. The molecule has 9 heteroatoms. The van der Waals surface area contributed by atoms with Crippen molar-refractivity contribution in [2.24, 2.45) is 5.92 Å². The van der Waals surface area contributed by atoms with E-state index in [0.29, 0.717) is 16.4 Å². The number of carbonyl (C=O) groups is 2. The molecule has 2 aromatic carbocycles. The van der Waals surface area contributed by atoms with Crippen molar-refractivity contribution in [2.45, 2.75) is 19.9 Å². The Morgan fingerprint density at radius 2 is 1.83 bits per heavy atom. The Labute approximate surface area is 176 Å². The van der Waals surface area contributed by atoms with Crippen molar-refractivity contribution in [1.29, 1.82) is 0 Å². The van der Waals surface area contributed by atoms with Crippen LogP contribution in [0.25, 0.3) is 5.69 Å². The first-order valence-electron chi connectivity index (χ1n) is 9.11. The van der Waals surface area contributed by atoms with Crippen LogP contribution in [0.15, 0.2) is 55.1 Å². The normalized spacial score (nSPS) is 11.9. The summed E-state index contributed by atoms with van der Waals surface area (Å²) in [5.74, 6) is -3.89. The minimum atomic E-state index is -1.02. The zero-order valence-electron chi connectivity index (χ0n) is 16.2. The number of imidazole rings is 1. The molecule has 156 valence electrons. The Hall–Kier alpha value is -3.26. The second kappa shape index (κ2) is 9.04. The number of nitrogens with one attached hydrogen (secondary N) is 2. The molecule has 0 aliphatic heterocycles. The van der Waals surface area contributed by atoms with Gasteiger partial charge in [-0.3, -0.25) is 9.59 Å². The Bertz CT molecular complexity index is 1050. The van der Waals surface area contributed by atoms with E-state index in [4.69, 9.17) is 11.6 Å². The summed E-state index contributed by atoms with van der Waals surface area (Å²) >= 11 is 6.29. The van der Waals surface area contributed by atoms with Gasteiger partial charge in [-0.05, 0) is 36.2 Å². The maximum Gasteiger partial charge on any atom is 0.257 e. The fraction of sp³-hybridized carbons (Fsp3) is 0.190. The SMILES string of the molecule is CC(C)C(NC(=O)c1c(F)cccc1F)C(=O)Nc1ccc(-n2ccnc2)c(Cl)c1. The monoisotopic (exact) mass is 432 g/mol. The molecule has 1 unspecified atom stereocenters. The molecule has 0 fully saturated rings. The molecule has 0 radical (unpaired) electrons. The van der Waals surface area contributed by atoms with E-state index in [-0.39, 0.29) is 5.92 Å². The van der Waals surface area contributed by atoms with Crippen molar-refractivity contribution >= 4 is 29.1 Å². The minimum absolute atomic E-state index is 0.343. The van der Waals surface area contributed by atoms with Crippen molar-refractivity contribution in [1.82, 2.24) is 14.9 Å². The molecule has 0 aliphatic carbocycles. The van der Waals surface area contributed by atoms with E-state index in [1.807, 2.05) is 0 Å². The highest BCUT2D eigenvalue weighted by Crippen LogP contribution is 2.24. The van der Waals surface area contributed by atoms with Gasteiger partial charge in [0.05, 0.1) is 17.0 Å². The molecule has 30 heavy (non-hydrogen) atoms. The Kier molecular flexibility index (Phi) is 6.47. The van der Waals surface area contributed by atoms with E-state index >= 15 is 0 Å². The number of hydrogen-bond donors (Lipinski definition) is 2. The van der Waals surface area contributed by atoms with E-state index in [1.165, 1.54) is 0 Å². The third-order valence-electron chi connectivity index (χ3n) is 4.42. The third-order valence-corrected chi connectivity index (χ3v) is 4.73. The van der Waals surface area contributed by atoms with Gasteiger partial charge in [-0.2, -0.15) is 0 Å². The van der Waals surface area contributed by atoms with Crippen molar-refractivity contribution in [2.75, 3.05) is 5.32 Å².